The van der Waals surface area contributed by atoms with Gasteiger partial charge in [0.05, 0.1) is 5.56 Å². The molecule has 0 aliphatic heterocycles. The van der Waals surface area contributed by atoms with Gasteiger partial charge in [0.1, 0.15) is 11.5 Å². The van der Waals surface area contributed by atoms with E-state index in [0.717, 1.165) is 13.0 Å². The number of carbonyl (C=O) groups is 1. The van der Waals surface area contributed by atoms with Crippen molar-refractivity contribution >= 4 is 5.97 Å². The fourth-order valence-corrected chi connectivity index (χ4v) is 1.13. The number of allylic oxidation sites excluding steroid dienone is 1. The molecule has 0 heterocycles. The van der Waals surface area contributed by atoms with Crippen molar-refractivity contribution in [2.24, 2.45) is 0 Å². The van der Waals surface area contributed by atoms with E-state index in [1.807, 2.05) is 0 Å². The summed E-state index contributed by atoms with van der Waals surface area (Å²) in [5.74, 6) is -4.15. The lowest BCUT2D eigenvalue weighted by atomic mass is 10.2. The fraction of sp³-hybridized carbons (Fsp3) is 0.0833. The van der Waals surface area contributed by atoms with Crippen LogP contribution in [0.5, 0.6) is 11.5 Å². The molecular weight excluding hydrogens is 303 g/mol. The highest BCUT2D eigenvalue weighted by atomic mass is 19.3. The van der Waals surface area contributed by atoms with Gasteiger partial charge in [-0.25, -0.2) is 9.18 Å². The van der Waals surface area contributed by atoms with Gasteiger partial charge in [0, 0.05) is 6.07 Å². The number of ether oxygens (including phenoxy) is 2. The summed E-state index contributed by atoms with van der Waals surface area (Å²) >= 11 is 0. The molecule has 0 aromatic heterocycles. The van der Waals surface area contributed by atoms with E-state index in [0.29, 0.717) is 12.1 Å². The Balaban J connectivity index is 3.21. The van der Waals surface area contributed by atoms with Crippen LogP contribution in [0.2, 0.25) is 0 Å². The topological polar surface area (TPSA) is 55.8 Å². The van der Waals surface area contributed by atoms with E-state index in [9.17, 15) is 26.7 Å². The van der Waals surface area contributed by atoms with Crippen LogP contribution in [-0.4, -0.2) is 11.1 Å². The molecule has 114 valence electrons. The van der Waals surface area contributed by atoms with Crippen molar-refractivity contribution in [2.45, 2.75) is 6.92 Å². The third-order valence-corrected chi connectivity index (χ3v) is 1.96. The molecule has 21 heavy (non-hydrogen) atoms. The second kappa shape index (κ2) is 6.73. The number of rotatable bonds is 5. The molecule has 1 N–H and O–H groups in total. The maximum Gasteiger partial charge on any atom is 0.344 e. The van der Waals surface area contributed by atoms with Crippen LogP contribution < -0.4 is 9.47 Å². The molecule has 0 atom stereocenters. The summed E-state index contributed by atoms with van der Waals surface area (Å²) in [4.78, 5) is 10.8. The lowest BCUT2D eigenvalue weighted by Crippen LogP contribution is -2.00. The van der Waals surface area contributed by atoms with E-state index in [4.69, 9.17) is 5.11 Å². The largest absolute Gasteiger partial charge is 0.478 e. The molecule has 1 aromatic carbocycles. The highest BCUT2D eigenvalue weighted by Gasteiger charge is 2.14. The van der Waals surface area contributed by atoms with Gasteiger partial charge >= 0.3 is 24.1 Å². The van der Waals surface area contributed by atoms with Crippen molar-refractivity contribution in [1.29, 1.82) is 0 Å². The third kappa shape index (κ3) is 4.79. The predicted octanol–water partition coefficient (Wildman–Crippen LogP) is 4.31. The second-order valence-corrected chi connectivity index (χ2v) is 3.54. The monoisotopic (exact) mass is 310 g/mol. The van der Waals surface area contributed by atoms with E-state index >= 15 is 0 Å². The molecule has 0 fully saturated rings. The van der Waals surface area contributed by atoms with E-state index < -0.39 is 47.0 Å². The zero-order valence-electron chi connectivity index (χ0n) is 10.3. The SMILES string of the molecule is C/C(F)=C(\F)Oc1cc(OC(F)=C(F)F)cc(C(=O)O)c1. The third-order valence-electron chi connectivity index (χ3n) is 1.96. The first kappa shape index (κ1) is 16.5. The Kier molecular flexibility index (Phi) is 5.28. The average molecular weight is 310 g/mol. The maximum atomic E-state index is 13.0. The van der Waals surface area contributed by atoms with E-state index in [-0.39, 0.29) is 0 Å². The van der Waals surface area contributed by atoms with Gasteiger partial charge in [-0.05, 0) is 19.1 Å². The van der Waals surface area contributed by atoms with Gasteiger partial charge in [0.15, 0.2) is 5.83 Å². The molecule has 1 aromatic rings. The number of benzene rings is 1. The molecule has 0 aliphatic rings. The minimum Gasteiger partial charge on any atom is -0.478 e. The predicted molar refractivity (Wildman–Crippen MR) is 59.9 cm³/mol. The van der Waals surface area contributed by atoms with Gasteiger partial charge in [-0.2, -0.15) is 17.6 Å². The van der Waals surface area contributed by atoms with Gasteiger partial charge < -0.3 is 14.6 Å². The lowest BCUT2D eigenvalue weighted by Gasteiger charge is -2.08. The fourth-order valence-electron chi connectivity index (χ4n) is 1.13. The van der Waals surface area contributed by atoms with Crippen LogP contribution in [0.3, 0.4) is 0 Å². The summed E-state index contributed by atoms with van der Waals surface area (Å²) in [5.41, 5.74) is -0.570. The maximum absolute atomic E-state index is 13.0. The molecule has 0 radical (unpaired) electrons. The summed E-state index contributed by atoms with van der Waals surface area (Å²) in [6.45, 7) is 0.731. The van der Waals surface area contributed by atoms with Gasteiger partial charge in [-0.3, -0.25) is 0 Å². The van der Waals surface area contributed by atoms with Crippen LogP contribution in [0.1, 0.15) is 17.3 Å². The van der Waals surface area contributed by atoms with Crippen LogP contribution in [-0.2, 0) is 0 Å². The van der Waals surface area contributed by atoms with E-state index in [1.165, 1.54) is 0 Å². The quantitative estimate of drug-likeness (QED) is 0.650. The Bertz CT molecular complexity index is 572. The smallest absolute Gasteiger partial charge is 0.344 e. The molecular formula is C12H7F5O4. The number of carboxylic acid groups (broad SMARTS) is 1. The Labute approximate surface area is 114 Å². The van der Waals surface area contributed by atoms with Crippen molar-refractivity contribution in [3.8, 4) is 11.5 Å². The molecule has 0 saturated carbocycles. The van der Waals surface area contributed by atoms with Crippen molar-refractivity contribution in [1.82, 2.24) is 0 Å². The second-order valence-electron chi connectivity index (χ2n) is 3.54. The first-order chi connectivity index (χ1) is 9.70. The standard InChI is InChI=1S/C12H7F5O4/c1-5(13)10(16)20-7-2-6(12(18)19)3-8(4-7)21-11(17)9(14)15/h2-4H,1H3,(H,18,19)/b10-5-. The minimum atomic E-state index is -2.77. The zero-order chi connectivity index (χ0) is 16.2. The molecule has 0 bridgehead atoms. The van der Waals surface area contributed by atoms with Crippen molar-refractivity contribution in [3.63, 3.8) is 0 Å². The molecule has 9 heteroatoms. The van der Waals surface area contributed by atoms with Crippen molar-refractivity contribution in [2.75, 3.05) is 0 Å². The van der Waals surface area contributed by atoms with Crippen LogP contribution in [0.4, 0.5) is 22.0 Å². The van der Waals surface area contributed by atoms with Crippen LogP contribution in [0, 0.1) is 0 Å². The Hall–Kier alpha value is -2.58. The lowest BCUT2D eigenvalue weighted by molar-refractivity contribution is 0.0695. The Morgan fingerprint density at radius 2 is 1.43 bits per heavy atom. The molecule has 0 spiro atoms. The van der Waals surface area contributed by atoms with Gasteiger partial charge in [-0.15, -0.1) is 0 Å². The molecule has 0 amide bonds. The summed E-state index contributed by atoms with van der Waals surface area (Å²) in [6.07, 6.45) is -2.77. The highest BCUT2D eigenvalue weighted by Crippen LogP contribution is 2.28. The Morgan fingerprint density at radius 1 is 0.952 bits per heavy atom. The first-order valence-electron chi connectivity index (χ1n) is 5.17. The zero-order valence-corrected chi connectivity index (χ0v) is 10.3. The molecule has 1 rings (SSSR count). The van der Waals surface area contributed by atoms with Crippen LogP contribution in [0.25, 0.3) is 0 Å². The summed E-state index contributed by atoms with van der Waals surface area (Å²) in [7, 11) is 0. The van der Waals surface area contributed by atoms with Gasteiger partial charge in [0.2, 0.25) is 0 Å². The molecule has 4 nitrogen and oxygen atoms in total. The minimum absolute atomic E-state index is 0.570. The summed E-state index contributed by atoms with van der Waals surface area (Å²) in [6, 6.07) is -1.76. The Morgan fingerprint density at radius 3 is 1.81 bits per heavy atom. The first-order valence-corrected chi connectivity index (χ1v) is 5.17. The van der Waals surface area contributed by atoms with E-state index in [2.05, 4.69) is 9.47 Å². The summed E-state index contributed by atoms with van der Waals surface area (Å²) in [5, 5.41) is 8.78. The summed E-state index contributed by atoms with van der Waals surface area (Å²) < 4.78 is 70.3. The molecule has 0 aliphatic carbocycles. The van der Waals surface area contributed by atoms with Crippen molar-refractivity contribution < 1.29 is 41.3 Å². The van der Waals surface area contributed by atoms with Crippen LogP contribution in [0.15, 0.2) is 42.1 Å². The normalized spacial score (nSPS) is 11.5. The van der Waals surface area contributed by atoms with Crippen LogP contribution >= 0.6 is 0 Å². The molecule has 0 saturated heterocycles. The number of carboxylic acids is 1. The van der Waals surface area contributed by atoms with Gasteiger partial charge in [0.25, 0.3) is 0 Å². The number of hydrogen-bond acceptors (Lipinski definition) is 3. The molecule has 0 unspecified atom stereocenters. The van der Waals surface area contributed by atoms with Gasteiger partial charge in [-0.1, -0.05) is 0 Å². The number of aromatic carboxylic acids is 1. The highest BCUT2D eigenvalue weighted by molar-refractivity contribution is 5.88. The average Bonchev–Trinajstić information content (AvgIpc) is 2.37. The number of halogens is 5. The number of hydrogen-bond donors (Lipinski definition) is 1. The van der Waals surface area contributed by atoms with Crippen molar-refractivity contribution in [3.05, 3.63) is 47.7 Å². The van der Waals surface area contributed by atoms with E-state index in [1.54, 1.807) is 0 Å².